The Hall–Kier alpha value is -1.21. The summed E-state index contributed by atoms with van der Waals surface area (Å²) in [6.45, 7) is 0. The van der Waals surface area contributed by atoms with Crippen molar-refractivity contribution in [3.05, 3.63) is 16.8 Å². The van der Waals surface area contributed by atoms with Gasteiger partial charge in [0.1, 0.15) is 6.23 Å². The maximum absolute atomic E-state index is 9.42. The Morgan fingerprint density at radius 1 is 1.52 bits per heavy atom. The number of aliphatic hydroxyl groups is 1. The van der Waals surface area contributed by atoms with Crippen LogP contribution in [0.5, 0.6) is 0 Å². The molecule has 3 atom stereocenters. The predicted octanol–water partition coefficient (Wildman–Crippen LogP) is 2.16. The van der Waals surface area contributed by atoms with Crippen LogP contribution in [-0.2, 0) is 6.42 Å². The number of hydrogen-bond acceptors (Lipinski definition) is 5. The summed E-state index contributed by atoms with van der Waals surface area (Å²) in [6.07, 6.45) is 4.77. The minimum atomic E-state index is -0.942. The Kier molecular flexibility index (Phi) is 4.12. The van der Waals surface area contributed by atoms with Crippen molar-refractivity contribution in [3.8, 4) is 0 Å². The smallest absolute Gasteiger partial charge is 0.229 e. The largest absolute Gasteiger partial charge is 0.378 e. The lowest BCUT2D eigenvalue weighted by atomic mass is 10.0. The molecule has 0 radical (unpaired) electrons. The number of aromatic amines is 1. The van der Waals surface area contributed by atoms with E-state index in [4.69, 9.17) is 28.9 Å². The summed E-state index contributed by atoms with van der Waals surface area (Å²) in [5.74, 6) is 0.754. The highest BCUT2D eigenvalue weighted by molar-refractivity contribution is 6.50. The molecule has 2 heterocycles. The summed E-state index contributed by atoms with van der Waals surface area (Å²) in [5, 5.41) is 9.77. The van der Waals surface area contributed by atoms with Crippen LogP contribution in [0.3, 0.4) is 0 Å². The fourth-order valence-electron chi connectivity index (χ4n) is 2.34. The summed E-state index contributed by atoms with van der Waals surface area (Å²) < 4.78 is 0. The summed E-state index contributed by atoms with van der Waals surface area (Å²) in [5.41, 5.74) is 6.90. The topological polar surface area (TPSA) is 99.7 Å². The highest BCUT2D eigenvalue weighted by Gasteiger charge is 2.24. The van der Waals surface area contributed by atoms with Crippen LogP contribution in [0.15, 0.2) is 21.1 Å². The molecule has 112 valence electrons. The number of alkyl halides is 1. The number of aliphatic hydroxyl groups excluding tert-OH is 1. The van der Waals surface area contributed by atoms with Crippen molar-refractivity contribution in [1.82, 2.24) is 9.97 Å². The molecule has 0 saturated carbocycles. The van der Waals surface area contributed by atoms with Crippen molar-refractivity contribution < 1.29 is 5.11 Å². The normalized spacial score (nSPS) is 28.4. The first-order valence-corrected chi connectivity index (χ1v) is 7.51. The quantitative estimate of drug-likeness (QED) is 0.573. The Balaban J connectivity index is 1.88. The SMILES string of the molecule is NC(O)C1C=Nc2nc(N=C3C(Cl)=CCCC3Cl)[nH]c2C1. The molecule has 3 unspecified atom stereocenters. The number of nitrogens with one attached hydrogen (secondary N) is 1. The molecule has 0 amide bonds. The summed E-state index contributed by atoms with van der Waals surface area (Å²) in [7, 11) is 0. The number of H-pyrrole nitrogens is 1. The molecule has 1 aromatic rings. The Labute approximate surface area is 131 Å². The Bertz CT molecular complexity index is 635. The van der Waals surface area contributed by atoms with Gasteiger partial charge < -0.3 is 15.8 Å². The van der Waals surface area contributed by atoms with Crippen LogP contribution in [0.25, 0.3) is 0 Å². The molecule has 0 bridgehead atoms. The Morgan fingerprint density at radius 2 is 2.33 bits per heavy atom. The number of fused-ring (bicyclic) bond motifs is 1. The highest BCUT2D eigenvalue weighted by atomic mass is 35.5. The van der Waals surface area contributed by atoms with Crippen LogP contribution in [0.4, 0.5) is 11.8 Å². The molecular formula is C13H15Cl2N5O. The number of imidazole rings is 1. The summed E-state index contributed by atoms with van der Waals surface area (Å²) in [6, 6.07) is 0. The second-order valence-corrected chi connectivity index (χ2v) is 6.03. The molecule has 0 spiro atoms. The van der Waals surface area contributed by atoms with E-state index < -0.39 is 6.23 Å². The van der Waals surface area contributed by atoms with Gasteiger partial charge in [-0.15, -0.1) is 11.6 Å². The van der Waals surface area contributed by atoms with E-state index in [-0.39, 0.29) is 11.3 Å². The van der Waals surface area contributed by atoms with Crippen LogP contribution < -0.4 is 5.73 Å². The van der Waals surface area contributed by atoms with E-state index in [0.29, 0.717) is 28.9 Å². The maximum Gasteiger partial charge on any atom is 0.229 e. The number of nitrogens with zero attached hydrogens (tertiary/aromatic N) is 3. The van der Waals surface area contributed by atoms with Gasteiger partial charge in [-0.25, -0.2) is 9.98 Å². The molecule has 21 heavy (non-hydrogen) atoms. The van der Waals surface area contributed by atoms with E-state index in [9.17, 15) is 5.11 Å². The molecule has 2 aliphatic rings. The number of rotatable bonds is 2. The first-order chi connectivity index (χ1) is 10.0. The lowest BCUT2D eigenvalue weighted by Gasteiger charge is -2.17. The van der Waals surface area contributed by atoms with Gasteiger partial charge in [-0.05, 0) is 12.8 Å². The minimum absolute atomic E-state index is 0.216. The average molecular weight is 328 g/mol. The number of nitrogens with two attached hydrogens (primary N) is 1. The summed E-state index contributed by atoms with van der Waals surface area (Å²) >= 11 is 12.4. The fraction of sp³-hybridized carbons (Fsp3) is 0.462. The summed E-state index contributed by atoms with van der Waals surface area (Å²) in [4.78, 5) is 16.0. The molecule has 0 aromatic carbocycles. The number of hydrogen-bond donors (Lipinski definition) is 3. The zero-order chi connectivity index (χ0) is 15.0. The van der Waals surface area contributed by atoms with Gasteiger partial charge in [0, 0.05) is 18.6 Å². The van der Waals surface area contributed by atoms with Gasteiger partial charge in [-0.3, -0.25) is 0 Å². The second kappa shape index (κ2) is 5.88. The van der Waals surface area contributed by atoms with E-state index in [1.54, 1.807) is 6.21 Å². The lowest BCUT2D eigenvalue weighted by molar-refractivity contribution is 0.146. The van der Waals surface area contributed by atoms with Gasteiger partial charge >= 0.3 is 0 Å². The molecule has 0 fully saturated rings. The molecular weight excluding hydrogens is 313 g/mol. The third-order valence-electron chi connectivity index (χ3n) is 3.52. The second-order valence-electron chi connectivity index (χ2n) is 5.09. The van der Waals surface area contributed by atoms with Crippen molar-refractivity contribution in [3.63, 3.8) is 0 Å². The standard InChI is InChI=1S/C13H15Cl2N5O/c14-7-2-1-3-8(15)10(7)19-13-18-9-4-6(11(16)21)5-17-12(9)20-13/h2,5-6,8,11,21H,1,3-4,16H2,(H,18,20). The van der Waals surface area contributed by atoms with E-state index in [1.807, 2.05) is 6.08 Å². The molecule has 1 aliphatic carbocycles. The van der Waals surface area contributed by atoms with E-state index >= 15 is 0 Å². The van der Waals surface area contributed by atoms with Gasteiger partial charge in [0.2, 0.25) is 5.95 Å². The number of halogens is 2. The molecule has 0 saturated heterocycles. The van der Waals surface area contributed by atoms with Crippen molar-refractivity contribution in [2.24, 2.45) is 21.6 Å². The first kappa shape index (κ1) is 14.7. The number of aromatic nitrogens is 2. The van der Waals surface area contributed by atoms with E-state index in [1.165, 1.54) is 0 Å². The van der Waals surface area contributed by atoms with Gasteiger partial charge in [-0.2, -0.15) is 4.98 Å². The molecule has 3 rings (SSSR count). The van der Waals surface area contributed by atoms with Gasteiger partial charge in [-0.1, -0.05) is 17.7 Å². The molecule has 4 N–H and O–H groups in total. The van der Waals surface area contributed by atoms with Crippen molar-refractivity contribution in [1.29, 1.82) is 0 Å². The van der Waals surface area contributed by atoms with Gasteiger partial charge in [0.25, 0.3) is 0 Å². The zero-order valence-corrected chi connectivity index (χ0v) is 12.6. The van der Waals surface area contributed by atoms with Crippen LogP contribution >= 0.6 is 23.2 Å². The minimum Gasteiger partial charge on any atom is -0.378 e. The zero-order valence-electron chi connectivity index (χ0n) is 11.1. The van der Waals surface area contributed by atoms with E-state index in [0.717, 1.165) is 18.5 Å². The molecule has 1 aliphatic heterocycles. The van der Waals surface area contributed by atoms with Gasteiger partial charge in [0.05, 0.1) is 21.8 Å². The molecule has 1 aromatic heterocycles. The van der Waals surface area contributed by atoms with Crippen molar-refractivity contribution >= 4 is 46.9 Å². The number of aliphatic imine (C=N–C) groups is 2. The predicted molar refractivity (Wildman–Crippen MR) is 84.0 cm³/mol. The third kappa shape index (κ3) is 3.03. The molecule has 8 heteroatoms. The van der Waals surface area contributed by atoms with Crippen molar-refractivity contribution in [2.75, 3.05) is 0 Å². The van der Waals surface area contributed by atoms with Gasteiger partial charge in [0.15, 0.2) is 5.82 Å². The fourth-order valence-corrected chi connectivity index (χ4v) is 2.97. The van der Waals surface area contributed by atoms with Crippen LogP contribution in [0, 0.1) is 5.92 Å². The highest BCUT2D eigenvalue weighted by Crippen LogP contribution is 2.29. The van der Waals surface area contributed by atoms with Crippen molar-refractivity contribution in [2.45, 2.75) is 30.9 Å². The van der Waals surface area contributed by atoms with Crippen LogP contribution in [-0.4, -0.2) is 38.6 Å². The average Bonchev–Trinajstić information content (AvgIpc) is 2.84. The Morgan fingerprint density at radius 3 is 3.05 bits per heavy atom. The maximum atomic E-state index is 9.42. The van der Waals surface area contributed by atoms with Crippen LogP contribution in [0.1, 0.15) is 18.5 Å². The van der Waals surface area contributed by atoms with Crippen LogP contribution in [0.2, 0.25) is 0 Å². The number of allylic oxidation sites excluding steroid dienone is 2. The monoisotopic (exact) mass is 327 g/mol. The van der Waals surface area contributed by atoms with E-state index in [2.05, 4.69) is 20.0 Å². The molecule has 6 nitrogen and oxygen atoms in total. The lowest BCUT2D eigenvalue weighted by Crippen LogP contribution is -2.33. The first-order valence-electron chi connectivity index (χ1n) is 6.70. The third-order valence-corrected chi connectivity index (χ3v) is 4.30.